The fraction of sp³-hybridized carbons (Fsp3) is 0.647. The third-order valence-electron chi connectivity index (χ3n) is 4.91. The molecule has 30 heavy (non-hydrogen) atoms. The van der Waals surface area contributed by atoms with E-state index in [9.17, 15) is 40.8 Å². The topological polar surface area (TPSA) is 201 Å². The van der Waals surface area contributed by atoms with E-state index in [1.54, 1.807) is 0 Å². The van der Waals surface area contributed by atoms with Crippen LogP contribution in [0.25, 0.3) is 0 Å². The summed E-state index contributed by atoms with van der Waals surface area (Å²) in [4.78, 5) is 10.1. The summed E-state index contributed by atoms with van der Waals surface area (Å²) in [5, 5.41) is 69.8. The minimum atomic E-state index is -1.70. The molecule has 13 nitrogen and oxygen atoms in total. The van der Waals surface area contributed by atoms with E-state index in [-0.39, 0.29) is 11.4 Å². The van der Waals surface area contributed by atoms with Crippen LogP contribution in [0.1, 0.15) is 0 Å². The summed E-state index contributed by atoms with van der Waals surface area (Å²) in [5.41, 5.74) is -0.160. The predicted octanol–water partition coefficient (Wildman–Crippen LogP) is -2.76. The van der Waals surface area contributed by atoms with Crippen molar-refractivity contribution < 1.29 is 54.5 Å². The Hall–Kier alpha value is -1.94. The van der Waals surface area contributed by atoms with E-state index in [2.05, 4.69) is 0 Å². The third-order valence-corrected chi connectivity index (χ3v) is 4.91. The quantitative estimate of drug-likeness (QED) is 0.191. The zero-order chi connectivity index (χ0) is 22.0. The number of nitro benzene ring substituents is 1. The monoisotopic (exact) mass is 433 g/mol. The number of nitrogens with zero attached hydrogens (tertiary/aromatic N) is 1. The van der Waals surface area contributed by atoms with Gasteiger partial charge in [-0.25, -0.2) is 0 Å². The first-order valence-corrected chi connectivity index (χ1v) is 9.08. The van der Waals surface area contributed by atoms with Gasteiger partial charge in [0.2, 0.25) is 6.29 Å². The summed E-state index contributed by atoms with van der Waals surface area (Å²) in [7, 11) is 0. The largest absolute Gasteiger partial charge is 0.462 e. The summed E-state index contributed by atoms with van der Waals surface area (Å²) in [6.45, 7) is -1.26. The van der Waals surface area contributed by atoms with Gasteiger partial charge in [-0.2, -0.15) is 0 Å². The van der Waals surface area contributed by atoms with Crippen LogP contribution in [0.15, 0.2) is 24.3 Å². The summed E-state index contributed by atoms with van der Waals surface area (Å²) in [6.07, 6.45) is -12.9. The highest BCUT2D eigenvalue weighted by molar-refractivity contribution is 5.36. The second-order valence-electron chi connectivity index (χ2n) is 6.88. The number of non-ortho nitro benzene ring substituents is 1. The maximum atomic E-state index is 10.7. The lowest BCUT2D eigenvalue weighted by atomic mass is 9.99. The number of hydrogen-bond donors (Lipinski definition) is 6. The number of aliphatic hydroxyl groups is 6. The molecule has 6 N–H and O–H groups in total. The van der Waals surface area contributed by atoms with E-state index < -0.39 is 73.4 Å². The Morgan fingerprint density at radius 1 is 0.867 bits per heavy atom. The third kappa shape index (κ3) is 4.54. The molecule has 2 aliphatic rings. The highest BCUT2D eigenvalue weighted by Gasteiger charge is 2.51. The Labute approximate surface area is 169 Å². The van der Waals surface area contributed by atoms with Gasteiger partial charge in [0.1, 0.15) is 48.5 Å². The molecule has 0 spiro atoms. The zero-order valence-electron chi connectivity index (χ0n) is 15.5. The van der Waals surface area contributed by atoms with E-state index in [1.807, 2.05) is 0 Å². The molecule has 0 saturated carbocycles. The van der Waals surface area contributed by atoms with Crippen LogP contribution >= 0.6 is 0 Å². The standard InChI is InChI=1S/C17H23NO12/c19-5-9-11(21)12(22)13(23)16(28-9)30-15-10(6-20)29-17(14(15)24)27-8-3-1-7(2-4-8)18(25)26/h1-4,9-17,19-24H,5-6H2/t9-,10+,11-,12+,13-,14-,15+,16-,17-/m1/s1. The molecule has 2 saturated heterocycles. The van der Waals surface area contributed by atoms with Crippen LogP contribution in [0, 0.1) is 10.1 Å². The molecule has 0 aliphatic carbocycles. The Kier molecular flexibility index (Phi) is 7.18. The van der Waals surface area contributed by atoms with Crippen molar-refractivity contribution in [2.45, 2.75) is 55.3 Å². The Morgan fingerprint density at radius 2 is 1.47 bits per heavy atom. The van der Waals surface area contributed by atoms with Crippen molar-refractivity contribution in [3.63, 3.8) is 0 Å². The lowest BCUT2D eigenvalue weighted by Crippen LogP contribution is -2.60. The van der Waals surface area contributed by atoms with Gasteiger partial charge in [-0.1, -0.05) is 0 Å². The van der Waals surface area contributed by atoms with Crippen molar-refractivity contribution in [2.75, 3.05) is 13.2 Å². The van der Waals surface area contributed by atoms with Crippen LogP contribution in [-0.4, -0.2) is 104 Å². The Balaban J connectivity index is 1.68. The first-order chi connectivity index (χ1) is 14.3. The molecule has 2 aliphatic heterocycles. The minimum Gasteiger partial charge on any atom is -0.462 e. The molecular formula is C17H23NO12. The van der Waals surface area contributed by atoms with Crippen LogP contribution < -0.4 is 4.74 Å². The van der Waals surface area contributed by atoms with Gasteiger partial charge in [0, 0.05) is 12.1 Å². The zero-order valence-corrected chi connectivity index (χ0v) is 15.5. The molecule has 2 fully saturated rings. The maximum absolute atomic E-state index is 10.7. The molecule has 0 unspecified atom stereocenters. The Morgan fingerprint density at radius 3 is 2.03 bits per heavy atom. The lowest BCUT2D eigenvalue weighted by molar-refractivity contribution is -0.384. The van der Waals surface area contributed by atoms with E-state index in [0.717, 1.165) is 0 Å². The number of aliphatic hydroxyl groups excluding tert-OH is 6. The molecule has 3 rings (SSSR count). The average molecular weight is 433 g/mol. The second kappa shape index (κ2) is 9.47. The summed E-state index contributed by atoms with van der Waals surface area (Å²) in [5.74, 6) is 0.148. The molecule has 0 bridgehead atoms. The van der Waals surface area contributed by atoms with Gasteiger partial charge in [0.25, 0.3) is 5.69 Å². The summed E-state index contributed by atoms with van der Waals surface area (Å²) < 4.78 is 21.6. The van der Waals surface area contributed by atoms with Crippen molar-refractivity contribution in [1.29, 1.82) is 0 Å². The SMILES string of the molecule is O=[N+]([O-])c1ccc(O[C@@H]2O[C@@H](CO)[C@H](O[C@H]3O[C@H](CO)[C@@H](O)[C@H](O)[C@H]3O)[C@H]2O)cc1. The molecule has 9 atom stereocenters. The Bertz CT molecular complexity index is 715. The number of ether oxygens (including phenoxy) is 4. The smallest absolute Gasteiger partial charge is 0.269 e. The molecule has 0 amide bonds. The van der Waals surface area contributed by atoms with Crippen LogP contribution in [-0.2, 0) is 14.2 Å². The van der Waals surface area contributed by atoms with Crippen molar-refractivity contribution in [1.82, 2.24) is 0 Å². The molecule has 168 valence electrons. The summed E-state index contributed by atoms with van der Waals surface area (Å²) in [6, 6.07) is 4.99. The first-order valence-electron chi connectivity index (χ1n) is 9.08. The molecule has 0 aromatic heterocycles. The fourth-order valence-corrected chi connectivity index (χ4v) is 3.23. The fourth-order valence-electron chi connectivity index (χ4n) is 3.23. The molecular weight excluding hydrogens is 410 g/mol. The number of hydrogen-bond acceptors (Lipinski definition) is 12. The van der Waals surface area contributed by atoms with Crippen molar-refractivity contribution in [3.05, 3.63) is 34.4 Å². The molecule has 2 heterocycles. The van der Waals surface area contributed by atoms with Gasteiger partial charge in [0.15, 0.2) is 6.29 Å². The van der Waals surface area contributed by atoms with Crippen LogP contribution in [0.3, 0.4) is 0 Å². The van der Waals surface area contributed by atoms with Crippen molar-refractivity contribution in [2.24, 2.45) is 0 Å². The van der Waals surface area contributed by atoms with Crippen molar-refractivity contribution in [3.8, 4) is 5.75 Å². The van der Waals surface area contributed by atoms with E-state index >= 15 is 0 Å². The van der Waals surface area contributed by atoms with Gasteiger partial charge in [-0.15, -0.1) is 0 Å². The van der Waals surface area contributed by atoms with Crippen LogP contribution in [0.4, 0.5) is 5.69 Å². The molecule has 13 heteroatoms. The van der Waals surface area contributed by atoms with Gasteiger partial charge in [-0.05, 0) is 12.1 Å². The predicted molar refractivity (Wildman–Crippen MR) is 94.1 cm³/mol. The second-order valence-corrected chi connectivity index (χ2v) is 6.88. The van der Waals surface area contributed by atoms with E-state index in [0.29, 0.717) is 0 Å². The lowest BCUT2D eigenvalue weighted by Gasteiger charge is -2.41. The minimum absolute atomic E-state index is 0.148. The van der Waals surface area contributed by atoms with Crippen LogP contribution in [0.2, 0.25) is 0 Å². The van der Waals surface area contributed by atoms with E-state index in [1.165, 1.54) is 24.3 Å². The van der Waals surface area contributed by atoms with Gasteiger partial charge in [0.05, 0.1) is 18.1 Å². The number of nitro groups is 1. The molecule has 0 radical (unpaired) electrons. The van der Waals surface area contributed by atoms with E-state index in [4.69, 9.17) is 18.9 Å². The highest BCUT2D eigenvalue weighted by Crippen LogP contribution is 2.31. The van der Waals surface area contributed by atoms with Gasteiger partial charge in [-0.3, -0.25) is 10.1 Å². The van der Waals surface area contributed by atoms with Crippen molar-refractivity contribution >= 4 is 5.69 Å². The summed E-state index contributed by atoms with van der Waals surface area (Å²) >= 11 is 0. The average Bonchev–Trinajstić information content (AvgIpc) is 3.03. The van der Waals surface area contributed by atoms with Gasteiger partial charge >= 0.3 is 0 Å². The highest BCUT2D eigenvalue weighted by atomic mass is 16.8. The molecule has 1 aromatic carbocycles. The maximum Gasteiger partial charge on any atom is 0.269 e. The first kappa shape index (κ1) is 22.7. The normalized spacial score (nSPS) is 39.1. The molecule has 1 aromatic rings. The number of rotatable bonds is 7. The van der Waals surface area contributed by atoms with Crippen LogP contribution in [0.5, 0.6) is 5.75 Å². The van der Waals surface area contributed by atoms with Gasteiger partial charge < -0.3 is 49.6 Å². The number of benzene rings is 1.